The van der Waals surface area contributed by atoms with Gasteiger partial charge in [0.05, 0.1) is 11.3 Å². The molecule has 15 heavy (non-hydrogen) atoms. The third kappa shape index (κ3) is 1.83. The average molecular weight is 225 g/mol. The molecule has 0 amide bonds. The fourth-order valence-corrected chi connectivity index (χ4v) is 2.05. The van der Waals surface area contributed by atoms with E-state index in [1.54, 1.807) is 13.0 Å². The monoisotopic (exact) mass is 225 g/mol. The van der Waals surface area contributed by atoms with Crippen molar-refractivity contribution in [2.24, 2.45) is 0 Å². The van der Waals surface area contributed by atoms with Crippen LogP contribution < -0.4 is 0 Å². The van der Waals surface area contributed by atoms with Crippen LogP contribution in [0.2, 0.25) is 0 Å². The molecule has 0 aliphatic carbocycles. The molecule has 1 aromatic heterocycles. The molecule has 0 N–H and O–H groups in total. The first kappa shape index (κ1) is 10.0. The maximum atomic E-state index is 12.9. The van der Waals surface area contributed by atoms with Gasteiger partial charge in [-0.15, -0.1) is 0 Å². The second-order valence-corrected chi connectivity index (χ2v) is 3.70. The minimum atomic E-state index is -0.463. The lowest BCUT2D eigenvalue weighted by Gasteiger charge is -1.97. The summed E-state index contributed by atoms with van der Waals surface area (Å²) in [5, 5.41) is 0.639. The molecule has 2 rings (SSSR count). The largest absolute Gasteiger partial charge is 0.461 e. The Hall–Kier alpha value is -1.49. The summed E-state index contributed by atoms with van der Waals surface area (Å²) >= 11 is 1.09. The van der Waals surface area contributed by atoms with E-state index in [-0.39, 0.29) is 11.5 Å². The maximum absolute atomic E-state index is 12.9. The van der Waals surface area contributed by atoms with E-state index < -0.39 is 5.97 Å². The van der Waals surface area contributed by atoms with Gasteiger partial charge in [0.25, 0.3) is 0 Å². The molecule has 1 aromatic carbocycles. The number of aromatic nitrogens is 1. The van der Waals surface area contributed by atoms with Crippen molar-refractivity contribution < 1.29 is 13.9 Å². The predicted octanol–water partition coefficient (Wildman–Crippen LogP) is 2.61. The zero-order chi connectivity index (χ0) is 10.8. The SMILES string of the molecule is CCOC(=O)c1nsc2cc(F)ccc12. The van der Waals surface area contributed by atoms with Crippen LogP contribution in [-0.2, 0) is 4.74 Å². The van der Waals surface area contributed by atoms with Crippen LogP contribution in [0, 0.1) is 5.82 Å². The van der Waals surface area contributed by atoms with E-state index in [9.17, 15) is 9.18 Å². The van der Waals surface area contributed by atoms with E-state index in [1.165, 1.54) is 12.1 Å². The van der Waals surface area contributed by atoms with Crippen molar-refractivity contribution in [3.8, 4) is 0 Å². The van der Waals surface area contributed by atoms with E-state index >= 15 is 0 Å². The van der Waals surface area contributed by atoms with Gasteiger partial charge >= 0.3 is 5.97 Å². The lowest BCUT2D eigenvalue weighted by atomic mass is 10.2. The van der Waals surface area contributed by atoms with Crippen LogP contribution in [0.5, 0.6) is 0 Å². The Bertz CT molecular complexity index is 509. The Labute approximate surface area is 89.6 Å². The third-order valence-electron chi connectivity index (χ3n) is 1.90. The second kappa shape index (κ2) is 3.94. The Balaban J connectivity index is 2.49. The quantitative estimate of drug-likeness (QED) is 0.737. The predicted molar refractivity (Wildman–Crippen MR) is 55.5 cm³/mol. The molecule has 0 unspecified atom stereocenters. The number of hydrogen-bond donors (Lipinski definition) is 0. The summed E-state index contributed by atoms with van der Waals surface area (Å²) in [7, 11) is 0. The Morgan fingerprint density at radius 3 is 3.13 bits per heavy atom. The number of benzene rings is 1. The van der Waals surface area contributed by atoms with Crippen molar-refractivity contribution in [2.75, 3.05) is 6.61 Å². The first-order valence-corrected chi connectivity index (χ1v) is 5.21. The van der Waals surface area contributed by atoms with E-state index in [0.29, 0.717) is 16.7 Å². The third-order valence-corrected chi connectivity index (χ3v) is 2.71. The first-order valence-electron chi connectivity index (χ1n) is 4.44. The van der Waals surface area contributed by atoms with Crippen molar-refractivity contribution in [2.45, 2.75) is 6.92 Å². The van der Waals surface area contributed by atoms with E-state index in [1.807, 2.05) is 0 Å². The minimum absolute atomic E-state index is 0.261. The van der Waals surface area contributed by atoms with Gasteiger partial charge in [0.15, 0.2) is 5.69 Å². The highest BCUT2D eigenvalue weighted by Gasteiger charge is 2.15. The van der Waals surface area contributed by atoms with Gasteiger partial charge in [-0.05, 0) is 36.7 Å². The number of carbonyl (C=O) groups is 1. The van der Waals surface area contributed by atoms with Crippen LogP contribution in [0.15, 0.2) is 18.2 Å². The number of rotatable bonds is 2. The molecule has 0 saturated carbocycles. The molecular formula is C10H8FNO2S. The van der Waals surface area contributed by atoms with Crippen molar-refractivity contribution in [1.82, 2.24) is 4.37 Å². The number of fused-ring (bicyclic) bond motifs is 1. The zero-order valence-electron chi connectivity index (χ0n) is 7.99. The number of carbonyl (C=O) groups excluding carboxylic acids is 1. The Kier molecular flexibility index (Phi) is 2.64. The average Bonchev–Trinajstić information content (AvgIpc) is 2.60. The summed E-state index contributed by atoms with van der Waals surface area (Å²) in [5.74, 6) is -0.795. The lowest BCUT2D eigenvalue weighted by Crippen LogP contribution is -2.04. The highest BCUT2D eigenvalue weighted by Crippen LogP contribution is 2.23. The van der Waals surface area contributed by atoms with Crippen LogP contribution >= 0.6 is 11.5 Å². The number of hydrogen-bond acceptors (Lipinski definition) is 4. The van der Waals surface area contributed by atoms with Crippen molar-refractivity contribution >= 4 is 27.6 Å². The van der Waals surface area contributed by atoms with Gasteiger partial charge < -0.3 is 4.74 Å². The number of ether oxygens (including phenoxy) is 1. The maximum Gasteiger partial charge on any atom is 0.358 e. The van der Waals surface area contributed by atoms with Crippen LogP contribution in [0.1, 0.15) is 17.4 Å². The highest BCUT2D eigenvalue weighted by molar-refractivity contribution is 7.13. The van der Waals surface area contributed by atoms with Crippen molar-refractivity contribution in [1.29, 1.82) is 0 Å². The Morgan fingerprint density at radius 2 is 2.40 bits per heavy atom. The van der Waals surface area contributed by atoms with E-state index in [0.717, 1.165) is 11.5 Å². The van der Waals surface area contributed by atoms with Crippen LogP contribution in [-0.4, -0.2) is 16.9 Å². The summed E-state index contributed by atoms with van der Waals surface area (Å²) in [4.78, 5) is 11.4. The minimum Gasteiger partial charge on any atom is -0.461 e. The molecule has 2 aromatic rings. The standard InChI is InChI=1S/C10H8FNO2S/c1-2-14-10(13)9-7-4-3-6(11)5-8(7)15-12-9/h3-5H,2H2,1H3. The van der Waals surface area contributed by atoms with Crippen molar-refractivity contribution in [3.05, 3.63) is 29.7 Å². The molecule has 0 bridgehead atoms. The lowest BCUT2D eigenvalue weighted by molar-refractivity contribution is 0.0523. The normalized spacial score (nSPS) is 10.5. The molecule has 0 fully saturated rings. The molecule has 0 spiro atoms. The van der Waals surface area contributed by atoms with Crippen LogP contribution in [0.4, 0.5) is 4.39 Å². The van der Waals surface area contributed by atoms with Gasteiger partial charge in [-0.25, -0.2) is 9.18 Å². The van der Waals surface area contributed by atoms with Gasteiger partial charge in [-0.2, -0.15) is 4.37 Å². The van der Waals surface area contributed by atoms with E-state index in [2.05, 4.69) is 4.37 Å². The van der Waals surface area contributed by atoms with Gasteiger partial charge in [-0.1, -0.05) is 0 Å². The molecule has 5 heteroatoms. The fraction of sp³-hybridized carbons (Fsp3) is 0.200. The summed E-state index contributed by atoms with van der Waals surface area (Å²) in [5.41, 5.74) is 0.261. The van der Waals surface area contributed by atoms with Crippen LogP contribution in [0.3, 0.4) is 0 Å². The van der Waals surface area contributed by atoms with E-state index in [4.69, 9.17) is 4.74 Å². The van der Waals surface area contributed by atoms with Crippen LogP contribution in [0.25, 0.3) is 10.1 Å². The molecule has 1 heterocycles. The number of esters is 1. The van der Waals surface area contributed by atoms with Gasteiger partial charge in [0.1, 0.15) is 5.82 Å². The molecular weight excluding hydrogens is 217 g/mol. The molecule has 0 aliphatic heterocycles. The Morgan fingerprint density at radius 1 is 1.60 bits per heavy atom. The fourth-order valence-electron chi connectivity index (χ4n) is 1.26. The topological polar surface area (TPSA) is 39.2 Å². The van der Waals surface area contributed by atoms with Gasteiger partial charge in [0.2, 0.25) is 0 Å². The summed E-state index contributed by atoms with van der Waals surface area (Å²) < 4.78 is 22.3. The summed E-state index contributed by atoms with van der Waals surface area (Å²) in [6.45, 7) is 2.03. The summed E-state index contributed by atoms with van der Waals surface area (Å²) in [6.07, 6.45) is 0. The number of nitrogens with zero attached hydrogens (tertiary/aromatic N) is 1. The smallest absolute Gasteiger partial charge is 0.358 e. The van der Waals surface area contributed by atoms with Crippen molar-refractivity contribution in [3.63, 3.8) is 0 Å². The first-order chi connectivity index (χ1) is 7.22. The number of halogens is 1. The zero-order valence-corrected chi connectivity index (χ0v) is 8.81. The molecule has 0 atom stereocenters. The molecule has 0 aliphatic rings. The molecule has 0 saturated heterocycles. The summed E-state index contributed by atoms with van der Waals surface area (Å²) in [6, 6.07) is 4.20. The van der Waals surface area contributed by atoms with Gasteiger partial charge in [-0.3, -0.25) is 0 Å². The molecule has 3 nitrogen and oxygen atoms in total. The molecule has 78 valence electrons. The molecule has 0 radical (unpaired) electrons. The second-order valence-electron chi connectivity index (χ2n) is 2.89. The van der Waals surface area contributed by atoms with Gasteiger partial charge in [0, 0.05) is 5.39 Å². The highest BCUT2D eigenvalue weighted by atomic mass is 32.1.